The Balaban J connectivity index is 1.95. The number of piperidine rings is 1. The zero-order valence-corrected chi connectivity index (χ0v) is 13.3. The maximum atomic E-state index is 12.9. The lowest BCUT2D eigenvalue weighted by atomic mass is 10.1. The van der Waals surface area contributed by atoms with Crippen LogP contribution in [0.3, 0.4) is 0 Å². The van der Waals surface area contributed by atoms with Crippen LogP contribution in [-0.4, -0.2) is 45.0 Å². The second kappa shape index (κ2) is 5.89. The molecule has 0 bridgehead atoms. The molecule has 0 spiro atoms. The lowest BCUT2D eigenvalue weighted by Crippen LogP contribution is -2.48. The quantitative estimate of drug-likeness (QED) is 0.784. The molecule has 2 aliphatic rings. The average Bonchev–Trinajstić information content (AvgIpc) is 3.01. The standard InChI is InChI=1S/C15H19NO5S/c1-20-15(17)13-4-2-3-8-16(13)22(18,19)12-5-6-14-11(10-12)7-9-21-14/h5-6,10,13H,2-4,7-9H2,1H3/t13-/m0/s1. The molecule has 3 rings (SSSR count). The topological polar surface area (TPSA) is 72.9 Å². The number of esters is 1. The maximum absolute atomic E-state index is 12.9. The van der Waals surface area contributed by atoms with Gasteiger partial charge < -0.3 is 9.47 Å². The highest BCUT2D eigenvalue weighted by Gasteiger charge is 2.38. The van der Waals surface area contributed by atoms with Gasteiger partial charge in [0.15, 0.2) is 0 Å². The molecule has 0 unspecified atom stereocenters. The van der Waals surface area contributed by atoms with E-state index in [2.05, 4.69) is 0 Å². The summed E-state index contributed by atoms with van der Waals surface area (Å²) in [6, 6.07) is 4.16. The average molecular weight is 325 g/mol. The lowest BCUT2D eigenvalue weighted by Gasteiger charge is -2.32. The number of sulfonamides is 1. The minimum absolute atomic E-state index is 0.215. The van der Waals surface area contributed by atoms with Crippen molar-refractivity contribution in [3.63, 3.8) is 0 Å². The summed E-state index contributed by atoms with van der Waals surface area (Å²) < 4.78 is 37.2. The van der Waals surface area contributed by atoms with Crippen LogP contribution in [-0.2, 0) is 26.0 Å². The molecular weight excluding hydrogens is 306 g/mol. The molecule has 7 heteroatoms. The van der Waals surface area contributed by atoms with Crippen LogP contribution < -0.4 is 4.74 Å². The van der Waals surface area contributed by atoms with E-state index < -0.39 is 22.0 Å². The van der Waals surface area contributed by atoms with E-state index in [0.29, 0.717) is 26.0 Å². The first-order chi connectivity index (χ1) is 10.5. The fourth-order valence-corrected chi connectivity index (χ4v) is 4.72. The minimum Gasteiger partial charge on any atom is -0.493 e. The predicted molar refractivity (Wildman–Crippen MR) is 79.2 cm³/mol. The molecule has 2 aliphatic heterocycles. The van der Waals surface area contributed by atoms with Crippen molar-refractivity contribution in [2.24, 2.45) is 0 Å². The molecule has 0 aliphatic carbocycles. The summed E-state index contributed by atoms with van der Waals surface area (Å²) >= 11 is 0. The predicted octanol–water partition coefficient (Wildman–Crippen LogP) is 1.34. The van der Waals surface area contributed by atoms with Crippen molar-refractivity contribution >= 4 is 16.0 Å². The van der Waals surface area contributed by atoms with Crippen LogP contribution in [0.25, 0.3) is 0 Å². The Kier molecular flexibility index (Phi) is 4.10. The molecule has 1 aromatic rings. The van der Waals surface area contributed by atoms with E-state index in [4.69, 9.17) is 9.47 Å². The Morgan fingerprint density at radius 2 is 2.18 bits per heavy atom. The monoisotopic (exact) mass is 325 g/mol. The van der Waals surface area contributed by atoms with Gasteiger partial charge in [-0.25, -0.2) is 8.42 Å². The first-order valence-corrected chi connectivity index (χ1v) is 8.83. The zero-order chi connectivity index (χ0) is 15.7. The van der Waals surface area contributed by atoms with Gasteiger partial charge in [-0.05, 0) is 43.0 Å². The van der Waals surface area contributed by atoms with Gasteiger partial charge in [0.05, 0.1) is 18.6 Å². The number of nitrogens with zero attached hydrogens (tertiary/aromatic N) is 1. The van der Waals surface area contributed by atoms with Gasteiger partial charge in [-0.1, -0.05) is 0 Å². The van der Waals surface area contributed by atoms with Crippen LogP contribution in [0.1, 0.15) is 24.8 Å². The third kappa shape index (κ3) is 2.59. The first kappa shape index (κ1) is 15.3. The fourth-order valence-electron chi connectivity index (χ4n) is 3.02. The van der Waals surface area contributed by atoms with E-state index in [1.54, 1.807) is 18.2 Å². The number of hydrogen-bond acceptors (Lipinski definition) is 5. The molecule has 0 radical (unpaired) electrons. The summed E-state index contributed by atoms with van der Waals surface area (Å²) in [5, 5.41) is 0. The van der Waals surface area contributed by atoms with Gasteiger partial charge in [-0.15, -0.1) is 0 Å². The van der Waals surface area contributed by atoms with Crippen molar-refractivity contribution in [3.05, 3.63) is 23.8 Å². The summed E-state index contributed by atoms with van der Waals surface area (Å²) in [7, 11) is -2.42. The smallest absolute Gasteiger partial charge is 0.324 e. The number of hydrogen-bond donors (Lipinski definition) is 0. The molecule has 0 aromatic heterocycles. The minimum atomic E-state index is -3.71. The third-order valence-electron chi connectivity index (χ3n) is 4.19. The van der Waals surface area contributed by atoms with Crippen LogP contribution in [0, 0.1) is 0 Å². The fraction of sp³-hybridized carbons (Fsp3) is 0.533. The third-order valence-corrected chi connectivity index (χ3v) is 6.10. The van der Waals surface area contributed by atoms with Gasteiger partial charge in [0.1, 0.15) is 11.8 Å². The molecule has 0 N–H and O–H groups in total. The Labute approximate surface area is 130 Å². The number of ether oxygens (including phenoxy) is 2. The molecular formula is C15H19NO5S. The summed E-state index contributed by atoms with van der Waals surface area (Å²) in [4.78, 5) is 12.1. The normalized spacial score (nSPS) is 22.0. The first-order valence-electron chi connectivity index (χ1n) is 7.39. The molecule has 6 nitrogen and oxygen atoms in total. The molecule has 1 fully saturated rings. The summed E-state index contributed by atoms with van der Waals surface area (Å²) in [5.74, 6) is 0.245. The number of benzene rings is 1. The van der Waals surface area contributed by atoms with Gasteiger partial charge in [-0.3, -0.25) is 4.79 Å². The van der Waals surface area contributed by atoms with Gasteiger partial charge in [-0.2, -0.15) is 4.31 Å². The van der Waals surface area contributed by atoms with Crippen molar-refractivity contribution in [1.82, 2.24) is 4.31 Å². The van der Waals surface area contributed by atoms with Crippen molar-refractivity contribution < 1.29 is 22.7 Å². The van der Waals surface area contributed by atoms with Crippen molar-refractivity contribution in [3.8, 4) is 5.75 Å². The molecule has 22 heavy (non-hydrogen) atoms. The van der Waals surface area contributed by atoms with E-state index in [1.165, 1.54) is 11.4 Å². The van der Waals surface area contributed by atoms with E-state index in [0.717, 1.165) is 24.2 Å². The molecule has 1 saturated heterocycles. The van der Waals surface area contributed by atoms with Crippen LogP contribution >= 0.6 is 0 Å². The second-order valence-corrected chi connectivity index (χ2v) is 7.41. The van der Waals surface area contributed by atoms with E-state index >= 15 is 0 Å². The van der Waals surface area contributed by atoms with Crippen LogP contribution in [0.4, 0.5) is 0 Å². The van der Waals surface area contributed by atoms with Crippen molar-refractivity contribution in [2.75, 3.05) is 20.3 Å². The number of carbonyl (C=O) groups excluding carboxylic acids is 1. The van der Waals surface area contributed by atoms with Gasteiger partial charge >= 0.3 is 5.97 Å². The zero-order valence-electron chi connectivity index (χ0n) is 12.4. The summed E-state index contributed by atoms with van der Waals surface area (Å²) in [6.45, 7) is 0.920. The van der Waals surface area contributed by atoms with Crippen LogP contribution in [0.5, 0.6) is 5.75 Å². The number of methoxy groups -OCH3 is 1. The number of fused-ring (bicyclic) bond motifs is 1. The van der Waals surface area contributed by atoms with Gasteiger partial charge in [0.25, 0.3) is 0 Å². The highest BCUT2D eigenvalue weighted by atomic mass is 32.2. The van der Waals surface area contributed by atoms with E-state index in [-0.39, 0.29) is 4.90 Å². The SMILES string of the molecule is COC(=O)[C@@H]1CCCCN1S(=O)(=O)c1ccc2c(c1)CCO2. The van der Waals surface area contributed by atoms with Crippen molar-refractivity contribution in [1.29, 1.82) is 0 Å². The Morgan fingerprint density at radius 3 is 2.95 bits per heavy atom. The lowest BCUT2D eigenvalue weighted by molar-refractivity contribution is -0.146. The summed E-state index contributed by atoms with van der Waals surface area (Å²) in [5.41, 5.74) is 0.896. The number of rotatable bonds is 3. The molecule has 0 saturated carbocycles. The maximum Gasteiger partial charge on any atom is 0.324 e. The Hall–Kier alpha value is -1.60. The Morgan fingerprint density at radius 1 is 1.36 bits per heavy atom. The van der Waals surface area contributed by atoms with E-state index in [9.17, 15) is 13.2 Å². The largest absolute Gasteiger partial charge is 0.493 e. The van der Waals surface area contributed by atoms with Gasteiger partial charge in [0, 0.05) is 13.0 Å². The molecule has 1 atom stereocenters. The van der Waals surface area contributed by atoms with Crippen LogP contribution in [0.2, 0.25) is 0 Å². The van der Waals surface area contributed by atoms with Crippen LogP contribution in [0.15, 0.2) is 23.1 Å². The van der Waals surface area contributed by atoms with E-state index in [1.807, 2.05) is 0 Å². The molecule has 0 amide bonds. The van der Waals surface area contributed by atoms with Gasteiger partial charge in [0.2, 0.25) is 10.0 Å². The summed E-state index contributed by atoms with van der Waals surface area (Å²) in [6.07, 6.45) is 2.78. The molecule has 1 aromatic carbocycles. The molecule has 2 heterocycles. The number of carbonyl (C=O) groups is 1. The highest BCUT2D eigenvalue weighted by Crippen LogP contribution is 2.31. The second-order valence-electron chi connectivity index (χ2n) is 5.52. The van der Waals surface area contributed by atoms with Crippen molar-refractivity contribution in [2.45, 2.75) is 36.6 Å². The Bertz CT molecular complexity index is 685. The molecule has 120 valence electrons. The highest BCUT2D eigenvalue weighted by molar-refractivity contribution is 7.89.